The number of hydrogen-bond donors (Lipinski definition) is 1. The molecule has 1 aromatic rings. The third-order valence-electron chi connectivity index (χ3n) is 6.07. The molecule has 0 aromatic heterocycles. The summed E-state index contributed by atoms with van der Waals surface area (Å²) in [6, 6.07) is 7.80. The van der Waals surface area contributed by atoms with Crippen LogP contribution in [0.3, 0.4) is 0 Å². The summed E-state index contributed by atoms with van der Waals surface area (Å²) >= 11 is 0. The van der Waals surface area contributed by atoms with E-state index in [-0.39, 0.29) is 0 Å². The smallest absolute Gasteiger partial charge is 0.329 e. The number of methoxy groups -OCH3 is 1. The molecule has 1 aliphatic rings. The van der Waals surface area contributed by atoms with Crippen molar-refractivity contribution in [3.05, 3.63) is 29.8 Å². The Hall–Kier alpha value is -2.37. The number of ether oxygens (including phenoxy) is 1. The zero-order valence-electron chi connectivity index (χ0n) is 17.3. The molecule has 28 heavy (non-hydrogen) atoms. The fourth-order valence-corrected chi connectivity index (χ4v) is 3.49. The number of nitrogens with zero attached hydrogens (tertiary/aromatic N) is 1. The van der Waals surface area contributed by atoms with Crippen LogP contribution in [0.5, 0.6) is 5.75 Å². The molecule has 1 saturated heterocycles. The third-order valence-corrected chi connectivity index (χ3v) is 6.07. The Morgan fingerprint density at radius 2 is 1.82 bits per heavy atom. The summed E-state index contributed by atoms with van der Waals surface area (Å²) in [7, 11) is 1.62. The quantitative estimate of drug-likeness (QED) is 0.489. The standard InChI is InChI=1S/C22H31NO5/c1-5-21(2,3)18(24)19(25)23-15-14-22(23,20(26)27)13-7-6-8-16-9-11-17(28-4)12-10-16/h9-12H,5-8,13-15H2,1-4H3,(H,26,27)/t22-/m0/s1. The van der Waals surface area contributed by atoms with Crippen molar-refractivity contribution in [2.75, 3.05) is 13.7 Å². The SMILES string of the molecule is CCC(C)(C)C(=O)C(=O)N1CC[C@@]1(CCCCc1ccc(OC)cc1)C(=O)O. The van der Waals surface area contributed by atoms with Crippen LogP contribution in [0.4, 0.5) is 0 Å². The molecule has 1 aromatic carbocycles. The predicted molar refractivity (Wildman–Crippen MR) is 106 cm³/mol. The van der Waals surface area contributed by atoms with Gasteiger partial charge in [0.15, 0.2) is 0 Å². The Balaban J connectivity index is 1.97. The number of carboxylic acid groups (broad SMARTS) is 1. The summed E-state index contributed by atoms with van der Waals surface area (Å²) < 4.78 is 5.14. The van der Waals surface area contributed by atoms with Gasteiger partial charge in [-0.15, -0.1) is 0 Å². The molecule has 1 heterocycles. The van der Waals surface area contributed by atoms with Gasteiger partial charge in [0.05, 0.1) is 7.11 Å². The van der Waals surface area contributed by atoms with Gasteiger partial charge in [0, 0.05) is 12.0 Å². The van der Waals surface area contributed by atoms with Crippen molar-refractivity contribution in [1.82, 2.24) is 4.90 Å². The molecule has 1 fully saturated rings. The number of aryl methyl sites for hydroxylation is 1. The summed E-state index contributed by atoms with van der Waals surface area (Å²) in [5.74, 6) is -1.37. The zero-order chi connectivity index (χ0) is 20.9. The van der Waals surface area contributed by atoms with Crippen molar-refractivity contribution >= 4 is 17.7 Å². The highest BCUT2D eigenvalue weighted by atomic mass is 16.5. The number of ketones is 1. The topological polar surface area (TPSA) is 83.9 Å². The second kappa shape index (κ2) is 8.76. The minimum absolute atomic E-state index is 0.329. The van der Waals surface area contributed by atoms with E-state index in [1.165, 1.54) is 4.90 Å². The summed E-state index contributed by atoms with van der Waals surface area (Å²) in [5.41, 5.74) is -0.853. The number of benzene rings is 1. The molecule has 2 rings (SSSR count). The number of hydrogen-bond acceptors (Lipinski definition) is 4. The zero-order valence-corrected chi connectivity index (χ0v) is 17.3. The Kier molecular flexibility index (Phi) is 6.86. The maximum atomic E-state index is 12.7. The second-order valence-corrected chi connectivity index (χ2v) is 8.17. The Bertz CT molecular complexity index is 725. The Labute approximate surface area is 166 Å². The van der Waals surface area contributed by atoms with Crippen molar-refractivity contribution < 1.29 is 24.2 Å². The van der Waals surface area contributed by atoms with Crippen LogP contribution in [-0.2, 0) is 20.8 Å². The van der Waals surface area contributed by atoms with E-state index in [1.54, 1.807) is 21.0 Å². The van der Waals surface area contributed by atoms with Crippen LogP contribution in [0.15, 0.2) is 24.3 Å². The second-order valence-electron chi connectivity index (χ2n) is 8.17. The van der Waals surface area contributed by atoms with Crippen molar-refractivity contribution in [2.24, 2.45) is 5.41 Å². The van der Waals surface area contributed by atoms with Gasteiger partial charge in [-0.1, -0.05) is 39.3 Å². The fourth-order valence-electron chi connectivity index (χ4n) is 3.49. The van der Waals surface area contributed by atoms with Crippen LogP contribution in [0.2, 0.25) is 0 Å². The number of carbonyl (C=O) groups excluding carboxylic acids is 2. The fraction of sp³-hybridized carbons (Fsp3) is 0.591. The lowest BCUT2D eigenvalue weighted by atomic mass is 9.77. The molecule has 1 aliphatic heterocycles. The van der Waals surface area contributed by atoms with Crippen LogP contribution >= 0.6 is 0 Å². The molecule has 0 bridgehead atoms. The highest BCUT2D eigenvalue weighted by molar-refractivity contribution is 6.38. The number of carboxylic acids is 1. The Morgan fingerprint density at radius 1 is 1.18 bits per heavy atom. The summed E-state index contributed by atoms with van der Waals surface area (Å²) in [4.78, 5) is 38.4. The number of likely N-dealkylation sites (tertiary alicyclic amines) is 1. The molecule has 154 valence electrons. The van der Waals surface area contributed by atoms with E-state index in [1.807, 2.05) is 31.2 Å². The molecule has 6 heteroatoms. The first-order chi connectivity index (χ1) is 13.2. The number of aliphatic carboxylic acids is 1. The number of rotatable bonds is 10. The van der Waals surface area contributed by atoms with Crippen LogP contribution in [0.25, 0.3) is 0 Å². The third kappa shape index (κ3) is 4.37. The molecular weight excluding hydrogens is 358 g/mol. The van der Waals surface area contributed by atoms with Gasteiger partial charge < -0.3 is 14.7 Å². The largest absolute Gasteiger partial charge is 0.497 e. The van der Waals surface area contributed by atoms with Gasteiger partial charge in [0.2, 0.25) is 5.78 Å². The van der Waals surface area contributed by atoms with E-state index in [0.29, 0.717) is 32.2 Å². The number of Topliss-reactive ketones (excluding diaryl/α,β-unsaturated/α-hetero) is 1. The first kappa shape index (κ1) is 21.9. The van der Waals surface area contributed by atoms with Gasteiger partial charge in [-0.3, -0.25) is 9.59 Å². The maximum Gasteiger partial charge on any atom is 0.329 e. The number of amides is 1. The molecule has 1 amide bonds. The molecular formula is C22H31NO5. The van der Waals surface area contributed by atoms with Gasteiger partial charge in [0.25, 0.3) is 5.91 Å². The van der Waals surface area contributed by atoms with Gasteiger partial charge in [-0.05, 0) is 49.8 Å². The van der Waals surface area contributed by atoms with Crippen LogP contribution in [0.1, 0.15) is 58.4 Å². The van der Waals surface area contributed by atoms with Gasteiger partial charge >= 0.3 is 5.97 Å². The molecule has 1 atom stereocenters. The van der Waals surface area contributed by atoms with Gasteiger partial charge in [-0.25, -0.2) is 4.79 Å². The van der Waals surface area contributed by atoms with Crippen molar-refractivity contribution in [1.29, 1.82) is 0 Å². The Morgan fingerprint density at radius 3 is 2.29 bits per heavy atom. The van der Waals surface area contributed by atoms with Crippen LogP contribution < -0.4 is 4.74 Å². The summed E-state index contributed by atoms with van der Waals surface area (Å²) in [6.45, 7) is 5.63. The van der Waals surface area contributed by atoms with E-state index in [4.69, 9.17) is 4.74 Å². The lowest BCUT2D eigenvalue weighted by molar-refractivity contribution is -0.175. The average molecular weight is 389 g/mol. The van der Waals surface area contributed by atoms with Crippen molar-refractivity contribution in [3.63, 3.8) is 0 Å². The van der Waals surface area contributed by atoms with E-state index in [0.717, 1.165) is 24.2 Å². The molecule has 0 unspecified atom stereocenters. The van der Waals surface area contributed by atoms with Crippen molar-refractivity contribution in [2.45, 2.75) is 64.8 Å². The molecule has 1 N–H and O–H groups in total. The molecule has 0 radical (unpaired) electrons. The molecule has 6 nitrogen and oxygen atoms in total. The molecule has 0 spiro atoms. The average Bonchev–Trinajstić information content (AvgIpc) is 2.66. The number of carbonyl (C=O) groups is 3. The lowest BCUT2D eigenvalue weighted by Gasteiger charge is -2.50. The van der Waals surface area contributed by atoms with Crippen molar-refractivity contribution in [3.8, 4) is 5.75 Å². The first-order valence-corrected chi connectivity index (χ1v) is 9.90. The monoisotopic (exact) mass is 389 g/mol. The minimum atomic E-state index is -1.24. The van der Waals surface area contributed by atoms with Gasteiger partial charge in [0.1, 0.15) is 11.3 Å². The summed E-state index contributed by atoms with van der Waals surface area (Å²) in [5, 5.41) is 9.80. The van der Waals surface area contributed by atoms with E-state index in [2.05, 4.69) is 0 Å². The normalized spacial score (nSPS) is 19.1. The molecule has 0 aliphatic carbocycles. The van der Waals surface area contributed by atoms with Crippen LogP contribution in [-0.4, -0.2) is 46.9 Å². The minimum Gasteiger partial charge on any atom is -0.497 e. The van der Waals surface area contributed by atoms with E-state index < -0.39 is 28.6 Å². The predicted octanol–water partition coefficient (Wildman–Crippen LogP) is 3.47. The highest BCUT2D eigenvalue weighted by Gasteiger charge is 2.55. The van der Waals surface area contributed by atoms with Crippen LogP contribution in [0, 0.1) is 5.41 Å². The van der Waals surface area contributed by atoms with E-state index in [9.17, 15) is 19.5 Å². The number of unbranched alkanes of at least 4 members (excludes halogenated alkanes) is 1. The lowest BCUT2D eigenvalue weighted by Crippen LogP contribution is -2.68. The summed E-state index contributed by atoms with van der Waals surface area (Å²) in [6.07, 6.45) is 3.62. The molecule has 0 saturated carbocycles. The maximum absolute atomic E-state index is 12.7. The highest BCUT2D eigenvalue weighted by Crippen LogP contribution is 2.37. The van der Waals surface area contributed by atoms with Gasteiger partial charge in [-0.2, -0.15) is 0 Å². The first-order valence-electron chi connectivity index (χ1n) is 9.90. The van der Waals surface area contributed by atoms with E-state index >= 15 is 0 Å².